The average Bonchev–Trinajstić information content (AvgIpc) is 2.05. The number of nitrogens with zero attached hydrogens (tertiary/aromatic N) is 1. The van der Waals surface area contributed by atoms with E-state index in [0.717, 1.165) is 0 Å². The van der Waals surface area contributed by atoms with Crippen LogP contribution in [0, 0.1) is 10.1 Å². The summed E-state index contributed by atoms with van der Waals surface area (Å²) in [5.74, 6) is 0. The highest BCUT2D eigenvalue weighted by atomic mass is 16.6. The van der Waals surface area contributed by atoms with E-state index in [1.807, 2.05) is 0 Å². The fraction of sp³-hybridized carbons (Fsp3) is 0.143. The summed E-state index contributed by atoms with van der Waals surface area (Å²) in [5, 5.41) is 10.3. The Kier molecular flexibility index (Phi) is 2.25. The summed E-state index contributed by atoms with van der Waals surface area (Å²) in [5.41, 5.74) is 11.9. The molecule has 0 saturated heterocycles. The third kappa shape index (κ3) is 1.51. The quantitative estimate of drug-likeness (QED) is 0.383. The predicted octanol–water partition coefficient (Wildman–Crippen LogP) is 0.636. The third-order valence-corrected chi connectivity index (χ3v) is 1.56. The average molecular weight is 167 g/mol. The standard InChI is InChI=1S/C7H9N3O2/c8-4-5-3-6(10(11)12)1-2-7(5)9/h1-3H,4,8-9H2. The van der Waals surface area contributed by atoms with Crippen LogP contribution in [0.5, 0.6) is 0 Å². The Bertz CT molecular complexity index is 312. The molecule has 1 aromatic rings. The number of nitro groups is 1. The van der Waals surface area contributed by atoms with Crippen molar-refractivity contribution in [2.45, 2.75) is 6.54 Å². The lowest BCUT2D eigenvalue weighted by atomic mass is 10.1. The molecule has 0 bridgehead atoms. The monoisotopic (exact) mass is 167 g/mol. The van der Waals surface area contributed by atoms with Gasteiger partial charge in [-0.25, -0.2) is 0 Å². The highest BCUT2D eigenvalue weighted by Crippen LogP contribution is 2.18. The van der Waals surface area contributed by atoms with Gasteiger partial charge in [0.2, 0.25) is 0 Å². The van der Waals surface area contributed by atoms with E-state index in [2.05, 4.69) is 0 Å². The normalized spacial score (nSPS) is 9.75. The van der Waals surface area contributed by atoms with Crippen molar-refractivity contribution in [1.82, 2.24) is 0 Å². The Morgan fingerprint density at radius 2 is 2.17 bits per heavy atom. The Hall–Kier alpha value is -1.62. The van der Waals surface area contributed by atoms with E-state index in [1.54, 1.807) is 0 Å². The minimum absolute atomic E-state index is 0.0182. The molecule has 1 rings (SSSR count). The van der Waals surface area contributed by atoms with E-state index >= 15 is 0 Å². The van der Waals surface area contributed by atoms with Crippen LogP contribution in [0.4, 0.5) is 11.4 Å². The van der Waals surface area contributed by atoms with Crippen LogP contribution >= 0.6 is 0 Å². The van der Waals surface area contributed by atoms with Gasteiger partial charge in [0.1, 0.15) is 0 Å². The first kappa shape index (κ1) is 8.48. The van der Waals surface area contributed by atoms with Crippen molar-refractivity contribution >= 4 is 11.4 Å². The van der Waals surface area contributed by atoms with Crippen LogP contribution in [0.2, 0.25) is 0 Å². The van der Waals surface area contributed by atoms with Crippen LogP contribution < -0.4 is 11.5 Å². The summed E-state index contributed by atoms with van der Waals surface area (Å²) >= 11 is 0. The lowest BCUT2D eigenvalue weighted by Crippen LogP contribution is -2.02. The molecule has 0 aliphatic rings. The van der Waals surface area contributed by atoms with Crippen molar-refractivity contribution in [3.05, 3.63) is 33.9 Å². The number of nitro benzene ring substituents is 1. The van der Waals surface area contributed by atoms with E-state index in [1.165, 1.54) is 18.2 Å². The van der Waals surface area contributed by atoms with Gasteiger partial charge in [-0.3, -0.25) is 10.1 Å². The molecule has 0 spiro atoms. The number of anilines is 1. The molecule has 0 fully saturated rings. The van der Waals surface area contributed by atoms with Crippen LogP contribution in [-0.4, -0.2) is 4.92 Å². The number of hydrogen-bond acceptors (Lipinski definition) is 4. The molecule has 0 radical (unpaired) electrons. The van der Waals surface area contributed by atoms with Gasteiger partial charge in [-0.1, -0.05) is 0 Å². The van der Waals surface area contributed by atoms with Gasteiger partial charge in [-0.2, -0.15) is 0 Å². The highest BCUT2D eigenvalue weighted by Gasteiger charge is 2.07. The van der Waals surface area contributed by atoms with Gasteiger partial charge in [0.05, 0.1) is 4.92 Å². The molecule has 12 heavy (non-hydrogen) atoms. The van der Waals surface area contributed by atoms with Gasteiger partial charge in [0, 0.05) is 24.4 Å². The molecule has 0 aromatic heterocycles. The van der Waals surface area contributed by atoms with Crippen molar-refractivity contribution in [2.75, 3.05) is 5.73 Å². The molecule has 1 aromatic carbocycles. The maximum atomic E-state index is 10.3. The van der Waals surface area contributed by atoms with Gasteiger partial charge in [-0.05, 0) is 11.6 Å². The maximum absolute atomic E-state index is 10.3. The first-order chi connectivity index (χ1) is 5.65. The smallest absolute Gasteiger partial charge is 0.269 e. The van der Waals surface area contributed by atoms with E-state index in [0.29, 0.717) is 11.3 Å². The molecule has 5 heteroatoms. The second kappa shape index (κ2) is 3.19. The molecule has 0 unspecified atom stereocenters. The number of non-ortho nitro benzene ring substituents is 1. The molecule has 0 aliphatic heterocycles. The van der Waals surface area contributed by atoms with Crippen LogP contribution in [0.3, 0.4) is 0 Å². The Morgan fingerprint density at radius 1 is 1.50 bits per heavy atom. The third-order valence-electron chi connectivity index (χ3n) is 1.56. The minimum Gasteiger partial charge on any atom is -0.398 e. The van der Waals surface area contributed by atoms with Crippen molar-refractivity contribution in [3.63, 3.8) is 0 Å². The van der Waals surface area contributed by atoms with E-state index in [-0.39, 0.29) is 12.2 Å². The number of nitrogens with two attached hydrogens (primary N) is 2. The lowest BCUT2D eigenvalue weighted by molar-refractivity contribution is -0.384. The van der Waals surface area contributed by atoms with E-state index in [4.69, 9.17) is 11.5 Å². The van der Waals surface area contributed by atoms with Gasteiger partial charge in [0.15, 0.2) is 0 Å². The second-order valence-electron chi connectivity index (χ2n) is 2.34. The van der Waals surface area contributed by atoms with Gasteiger partial charge in [0.25, 0.3) is 5.69 Å². The Labute approximate surface area is 69.1 Å². The Balaban J connectivity index is 3.13. The predicted molar refractivity (Wildman–Crippen MR) is 45.4 cm³/mol. The van der Waals surface area contributed by atoms with Gasteiger partial charge < -0.3 is 11.5 Å². The fourth-order valence-electron chi connectivity index (χ4n) is 0.882. The first-order valence-electron chi connectivity index (χ1n) is 3.38. The van der Waals surface area contributed by atoms with Crippen molar-refractivity contribution in [3.8, 4) is 0 Å². The lowest BCUT2D eigenvalue weighted by Gasteiger charge is -2.00. The summed E-state index contributed by atoms with van der Waals surface area (Å²) < 4.78 is 0. The molecule has 0 saturated carbocycles. The molecule has 0 atom stereocenters. The summed E-state index contributed by atoms with van der Waals surface area (Å²) in [6.45, 7) is 0.216. The van der Waals surface area contributed by atoms with Crippen LogP contribution in [-0.2, 0) is 6.54 Å². The van der Waals surface area contributed by atoms with Gasteiger partial charge >= 0.3 is 0 Å². The largest absolute Gasteiger partial charge is 0.398 e. The molecule has 5 nitrogen and oxygen atoms in total. The molecule has 0 amide bonds. The summed E-state index contributed by atoms with van der Waals surface area (Å²) in [6, 6.07) is 4.23. The fourth-order valence-corrected chi connectivity index (χ4v) is 0.882. The zero-order valence-electron chi connectivity index (χ0n) is 6.36. The topological polar surface area (TPSA) is 95.2 Å². The summed E-state index contributed by atoms with van der Waals surface area (Å²) in [4.78, 5) is 9.83. The van der Waals surface area contributed by atoms with Crippen molar-refractivity contribution < 1.29 is 4.92 Å². The van der Waals surface area contributed by atoms with Crippen molar-refractivity contribution in [1.29, 1.82) is 0 Å². The number of hydrogen-bond donors (Lipinski definition) is 2. The first-order valence-corrected chi connectivity index (χ1v) is 3.38. The number of rotatable bonds is 2. The minimum atomic E-state index is -0.474. The SMILES string of the molecule is NCc1cc([N+](=O)[O-])ccc1N. The number of nitrogen functional groups attached to an aromatic ring is 1. The van der Waals surface area contributed by atoms with Crippen LogP contribution in [0.25, 0.3) is 0 Å². The van der Waals surface area contributed by atoms with Gasteiger partial charge in [-0.15, -0.1) is 0 Å². The second-order valence-corrected chi connectivity index (χ2v) is 2.34. The molecular formula is C7H9N3O2. The van der Waals surface area contributed by atoms with Crippen LogP contribution in [0.15, 0.2) is 18.2 Å². The highest BCUT2D eigenvalue weighted by molar-refractivity contribution is 5.52. The summed E-state index contributed by atoms with van der Waals surface area (Å²) in [6.07, 6.45) is 0. The molecular weight excluding hydrogens is 158 g/mol. The molecule has 0 aliphatic carbocycles. The zero-order valence-corrected chi connectivity index (χ0v) is 6.36. The van der Waals surface area contributed by atoms with Crippen LogP contribution in [0.1, 0.15) is 5.56 Å². The van der Waals surface area contributed by atoms with E-state index in [9.17, 15) is 10.1 Å². The maximum Gasteiger partial charge on any atom is 0.269 e. The Morgan fingerprint density at radius 3 is 2.67 bits per heavy atom. The number of benzene rings is 1. The molecule has 64 valence electrons. The van der Waals surface area contributed by atoms with E-state index < -0.39 is 4.92 Å². The summed E-state index contributed by atoms with van der Waals surface area (Å²) in [7, 11) is 0. The van der Waals surface area contributed by atoms with Crippen molar-refractivity contribution in [2.24, 2.45) is 5.73 Å². The molecule has 4 N–H and O–H groups in total. The zero-order chi connectivity index (χ0) is 9.14. The molecule has 0 heterocycles.